The number of aromatic nitrogens is 2. The third kappa shape index (κ3) is 5.36. The van der Waals surface area contributed by atoms with E-state index in [0.717, 1.165) is 17.4 Å². The van der Waals surface area contributed by atoms with Crippen molar-refractivity contribution in [3.63, 3.8) is 0 Å². The van der Waals surface area contributed by atoms with Gasteiger partial charge in [0.25, 0.3) is 0 Å². The van der Waals surface area contributed by atoms with Crippen LogP contribution < -0.4 is 19.7 Å². The highest BCUT2D eigenvalue weighted by Gasteiger charge is 2.58. The lowest BCUT2D eigenvalue weighted by atomic mass is 9.57. The number of carbonyl (C=O) groups excluding carboxylic acids is 1. The van der Waals surface area contributed by atoms with Gasteiger partial charge in [0.05, 0.1) is 29.1 Å². The predicted octanol–water partition coefficient (Wildman–Crippen LogP) is 5.12. The van der Waals surface area contributed by atoms with Gasteiger partial charge in [0.15, 0.2) is 0 Å². The average molecular weight is 622 g/mol. The molecule has 2 aromatic carbocycles. The van der Waals surface area contributed by atoms with Crippen molar-refractivity contribution in [1.82, 2.24) is 15.3 Å². The summed E-state index contributed by atoms with van der Waals surface area (Å²) in [5, 5.41) is 3.83. The number of sulfonamides is 1. The molecule has 0 radical (unpaired) electrons. The first-order valence-corrected chi connectivity index (χ1v) is 16.3. The van der Waals surface area contributed by atoms with Crippen molar-refractivity contribution < 1.29 is 26.7 Å². The molecule has 4 aromatic rings. The lowest BCUT2D eigenvalue weighted by molar-refractivity contribution is -0.126. The Hall–Kier alpha value is -4.16. The summed E-state index contributed by atoms with van der Waals surface area (Å²) >= 11 is 0. The van der Waals surface area contributed by atoms with Gasteiger partial charge in [-0.15, -0.1) is 0 Å². The molecule has 0 atom stereocenters. The molecular formula is C32H33F2N5O4S. The topological polar surface area (TPSA) is 114 Å². The number of nitrogens with zero attached hydrogens (tertiary/aromatic N) is 3. The Morgan fingerprint density at radius 2 is 1.89 bits per heavy atom. The maximum Gasteiger partial charge on any atom is 0.238 e. The van der Waals surface area contributed by atoms with E-state index in [-0.39, 0.29) is 47.4 Å². The van der Waals surface area contributed by atoms with Crippen LogP contribution in [0.4, 0.5) is 20.2 Å². The molecule has 1 amide bonds. The van der Waals surface area contributed by atoms with Crippen LogP contribution in [0.25, 0.3) is 22.0 Å². The highest BCUT2D eigenvalue weighted by atomic mass is 32.2. The molecule has 1 spiro atoms. The van der Waals surface area contributed by atoms with E-state index >= 15 is 4.39 Å². The van der Waals surface area contributed by atoms with Gasteiger partial charge in [0, 0.05) is 54.0 Å². The molecule has 3 heterocycles. The zero-order chi connectivity index (χ0) is 31.4. The number of halogens is 2. The molecule has 6 rings (SSSR count). The molecule has 1 aliphatic carbocycles. The zero-order valence-electron chi connectivity index (χ0n) is 24.8. The summed E-state index contributed by atoms with van der Waals surface area (Å²) in [7, 11) is -2.01. The fourth-order valence-electron chi connectivity index (χ4n) is 6.36. The number of pyridine rings is 2. The van der Waals surface area contributed by atoms with Crippen LogP contribution in [0.3, 0.4) is 0 Å². The van der Waals surface area contributed by atoms with Crippen LogP contribution in [0.1, 0.15) is 43.7 Å². The second-order valence-corrected chi connectivity index (χ2v) is 13.6. The molecule has 2 N–H and O–H groups in total. The van der Waals surface area contributed by atoms with Crippen LogP contribution in [0.2, 0.25) is 0 Å². The molecular weight excluding hydrogens is 588 g/mol. The Balaban J connectivity index is 1.41. The number of rotatable bonds is 9. The summed E-state index contributed by atoms with van der Waals surface area (Å²) in [6, 6.07) is 11.1. The van der Waals surface area contributed by atoms with Gasteiger partial charge in [-0.25, -0.2) is 22.2 Å². The number of amides is 1. The molecule has 9 nitrogen and oxygen atoms in total. The minimum Gasteiger partial charge on any atom is -0.475 e. The molecule has 0 unspecified atom stereocenters. The third-order valence-corrected chi connectivity index (χ3v) is 8.94. The Labute approximate surface area is 254 Å². The maximum absolute atomic E-state index is 15.7. The first-order valence-electron chi connectivity index (χ1n) is 14.4. The zero-order valence-corrected chi connectivity index (χ0v) is 25.6. The van der Waals surface area contributed by atoms with Crippen molar-refractivity contribution in [3.8, 4) is 17.0 Å². The normalized spacial score (nSPS) is 19.5. The summed E-state index contributed by atoms with van der Waals surface area (Å²) in [4.78, 5) is 24.1. The summed E-state index contributed by atoms with van der Waals surface area (Å²) in [5.41, 5.74) is 2.36. The second kappa shape index (κ2) is 11.1. The number of ether oxygens (including phenoxy) is 1. The Kier molecular flexibility index (Phi) is 7.53. The van der Waals surface area contributed by atoms with Gasteiger partial charge < -0.3 is 15.0 Å². The van der Waals surface area contributed by atoms with E-state index in [1.165, 1.54) is 30.5 Å². The van der Waals surface area contributed by atoms with Gasteiger partial charge in [-0.2, -0.15) is 0 Å². The van der Waals surface area contributed by atoms with Crippen LogP contribution in [0.15, 0.2) is 54.9 Å². The van der Waals surface area contributed by atoms with Crippen molar-refractivity contribution in [2.75, 3.05) is 36.1 Å². The average Bonchev–Trinajstić information content (AvgIpc) is 3.16. The van der Waals surface area contributed by atoms with Gasteiger partial charge >= 0.3 is 0 Å². The summed E-state index contributed by atoms with van der Waals surface area (Å²) < 4.78 is 62.1. The van der Waals surface area contributed by atoms with Crippen molar-refractivity contribution >= 4 is 38.2 Å². The van der Waals surface area contributed by atoms with Crippen LogP contribution in [-0.4, -0.2) is 56.8 Å². The molecule has 12 heteroatoms. The lowest BCUT2D eigenvalue weighted by Gasteiger charge is -2.44. The Bertz CT molecular complexity index is 1890. The first-order chi connectivity index (χ1) is 20.9. The summed E-state index contributed by atoms with van der Waals surface area (Å²) in [6.07, 6.45) is 5.00. The van der Waals surface area contributed by atoms with E-state index in [0.29, 0.717) is 41.5 Å². The fraction of sp³-hybridized carbons (Fsp3) is 0.344. The Morgan fingerprint density at radius 3 is 2.59 bits per heavy atom. The molecule has 230 valence electrons. The van der Waals surface area contributed by atoms with E-state index in [9.17, 15) is 17.6 Å². The van der Waals surface area contributed by atoms with E-state index < -0.39 is 21.3 Å². The number of nitrogens with one attached hydrogen (secondary N) is 2. The molecule has 1 fully saturated rings. The van der Waals surface area contributed by atoms with Gasteiger partial charge in [0.2, 0.25) is 21.8 Å². The lowest BCUT2D eigenvalue weighted by Crippen LogP contribution is -2.47. The van der Waals surface area contributed by atoms with Crippen LogP contribution in [-0.2, 0) is 20.2 Å². The monoisotopic (exact) mass is 621 g/mol. The number of benzene rings is 2. The maximum atomic E-state index is 15.7. The van der Waals surface area contributed by atoms with Crippen molar-refractivity contribution in [2.24, 2.45) is 0 Å². The quantitative estimate of drug-likeness (QED) is 0.250. The predicted molar refractivity (Wildman–Crippen MR) is 165 cm³/mol. The second-order valence-electron chi connectivity index (χ2n) is 11.9. The Morgan fingerprint density at radius 1 is 1.11 bits per heavy atom. The van der Waals surface area contributed by atoms with Gasteiger partial charge in [-0.3, -0.25) is 14.5 Å². The molecule has 1 aliphatic heterocycles. The number of carbonyl (C=O) groups is 1. The van der Waals surface area contributed by atoms with Crippen LogP contribution in [0.5, 0.6) is 5.88 Å². The molecule has 0 bridgehead atoms. The molecule has 2 aliphatic rings. The van der Waals surface area contributed by atoms with Gasteiger partial charge in [-0.1, -0.05) is 26.0 Å². The first kappa shape index (κ1) is 29.9. The van der Waals surface area contributed by atoms with E-state index in [4.69, 9.17) is 4.74 Å². The van der Waals surface area contributed by atoms with Crippen LogP contribution >= 0.6 is 0 Å². The molecule has 2 aromatic heterocycles. The van der Waals surface area contributed by atoms with Gasteiger partial charge in [-0.05, 0) is 48.6 Å². The largest absolute Gasteiger partial charge is 0.475 e. The summed E-state index contributed by atoms with van der Waals surface area (Å²) in [6.45, 7) is 4.75. The highest BCUT2D eigenvalue weighted by molar-refractivity contribution is 7.92. The number of hydrogen-bond donors (Lipinski definition) is 2. The standard InChI is InChI=1S/C32H33F2N5O4S/c1-18(2)35-8-9-43-30-27(38-44(4,41)42)11-20(16-37-30)23-12-24-26(13-25(23)34)36-17-28-29(24)32(31(40)39(28)3)14-21(15-32)19-6-5-7-22(33)10-19/h5-7,10-13,16-18,21,35,38H,8-9,14-15H2,1-4H3/t21-,32+. The number of hydrogen-bond acceptors (Lipinski definition) is 7. The highest BCUT2D eigenvalue weighted by Crippen LogP contribution is 2.60. The number of fused-ring (bicyclic) bond motifs is 4. The van der Waals surface area contributed by atoms with E-state index in [2.05, 4.69) is 20.0 Å². The van der Waals surface area contributed by atoms with Gasteiger partial charge in [0.1, 0.15) is 23.9 Å². The minimum atomic E-state index is -3.71. The minimum absolute atomic E-state index is 0.00533. The SMILES string of the molecule is CC(C)NCCOc1ncc(-c2cc3c(cc2F)ncc2c3[C@]3(C[C@H](c4cccc(F)c4)C3)C(=O)N2C)cc1NS(C)(=O)=O. The fourth-order valence-corrected chi connectivity index (χ4v) is 6.90. The van der Waals surface area contributed by atoms with Crippen LogP contribution in [0, 0.1) is 11.6 Å². The van der Waals surface area contributed by atoms with Crippen molar-refractivity contribution in [2.45, 2.75) is 44.1 Å². The molecule has 1 saturated carbocycles. The molecule has 44 heavy (non-hydrogen) atoms. The number of likely N-dealkylation sites (N-methyl/N-ethyl adjacent to an activating group) is 1. The van der Waals surface area contributed by atoms with E-state index in [1.807, 2.05) is 19.9 Å². The number of anilines is 2. The van der Waals surface area contributed by atoms with Crippen molar-refractivity contribution in [3.05, 3.63) is 77.6 Å². The summed E-state index contributed by atoms with van der Waals surface area (Å²) in [5.74, 6) is -0.915. The molecule has 0 saturated heterocycles. The van der Waals surface area contributed by atoms with E-state index in [1.54, 1.807) is 30.3 Å². The smallest absolute Gasteiger partial charge is 0.238 e. The third-order valence-electron chi connectivity index (χ3n) is 8.35. The van der Waals surface area contributed by atoms with Crippen molar-refractivity contribution in [1.29, 1.82) is 0 Å².